The van der Waals surface area contributed by atoms with Gasteiger partial charge in [0.15, 0.2) is 0 Å². The standard InChI is InChI=1S/C20H26N6O2/c1-12(2)26-10-14(9-23-26)24(5)19(27)15-13(3)28-18-16(15)17(21-11-22-18)25(6)20(4)7-8-20/h9-12H,7-8H2,1-6H3. The summed E-state index contributed by atoms with van der Waals surface area (Å²) >= 11 is 0. The first-order valence-electron chi connectivity index (χ1n) is 9.53. The Morgan fingerprint density at radius 1 is 1.29 bits per heavy atom. The summed E-state index contributed by atoms with van der Waals surface area (Å²) in [4.78, 5) is 25.9. The lowest BCUT2D eigenvalue weighted by atomic mass is 10.1. The van der Waals surface area contributed by atoms with Crippen molar-refractivity contribution in [1.29, 1.82) is 0 Å². The van der Waals surface area contributed by atoms with Crippen LogP contribution < -0.4 is 9.80 Å². The maximum atomic E-state index is 13.4. The van der Waals surface area contributed by atoms with Crippen LogP contribution in [0.25, 0.3) is 11.1 Å². The van der Waals surface area contributed by atoms with Crippen molar-refractivity contribution in [1.82, 2.24) is 19.7 Å². The molecule has 8 nitrogen and oxygen atoms in total. The molecular weight excluding hydrogens is 356 g/mol. The normalized spacial score (nSPS) is 15.2. The van der Waals surface area contributed by atoms with Crippen molar-refractivity contribution in [2.75, 3.05) is 23.9 Å². The molecule has 1 fully saturated rings. The molecule has 0 N–H and O–H groups in total. The molecule has 0 aromatic carbocycles. The van der Waals surface area contributed by atoms with Crippen molar-refractivity contribution in [3.8, 4) is 0 Å². The van der Waals surface area contributed by atoms with Crippen molar-refractivity contribution in [2.24, 2.45) is 0 Å². The molecule has 0 saturated heterocycles. The Morgan fingerprint density at radius 2 is 2.00 bits per heavy atom. The number of aryl methyl sites for hydroxylation is 1. The van der Waals surface area contributed by atoms with Crippen molar-refractivity contribution >= 4 is 28.5 Å². The molecule has 4 rings (SSSR count). The Kier molecular flexibility index (Phi) is 4.17. The number of hydrogen-bond acceptors (Lipinski definition) is 6. The van der Waals surface area contributed by atoms with E-state index in [1.807, 2.05) is 31.8 Å². The average Bonchev–Trinajstić information content (AvgIpc) is 3.08. The van der Waals surface area contributed by atoms with Crippen LogP contribution in [0.5, 0.6) is 0 Å². The van der Waals surface area contributed by atoms with Crippen LogP contribution in [-0.2, 0) is 0 Å². The lowest BCUT2D eigenvalue weighted by Crippen LogP contribution is -2.32. The highest BCUT2D eigenvalue weighted by molar-refractivity contribution is 6.16. The van der Waals surface area contributed by atoms with E-state index in [9.17, 15) is 4.79 Å². The topological polar surface area (TPSA) is 80.3 Å². The molecule has 0 spiro atoms. The van der Waals surface area contributed by atoms with Gasteiger partial charge in [0.05, 0.1) is 22.8 Å². The summed E-state index contributed by atoms with van der Waals surface area (Å²) in [5.41, 5.74) is 1.74. The van der Waals surface area contributed by atoms with Gasteiger partial charge >= 0.3 is 0 Å². The molecule has 8 heteroatoms. The van der Waals surface area contributed by atoms with Crippen LogP contribution in [0.1, 0.15) is 55.8 Å². The third kappa shape index (κ3) is 2.83. The second kappa shape index (κ2) is 6.32. The van der Waals surface area contributed by atoms with Gasteiger partial charge in [-0.2, -0.15) is 5.10 Å². The fraction of sp³-hybridized carbons (Fsp3) is 0.500. The molecule has 28 heavy (non-hydrogen) atoms. The molecule has 1 aliphatic carbocycles. The van der Waals surface area contributed by atoms with Crippen molar-refractivity contribution in [3.63, 3.8) is 0 Å². The van der Waals surface area contributed by atoms with Crippen LogP contribution >= 0.6 is 0 Å². The molecule has 0 atom stereocenters. The number of carbonyl (C=O) groups excluding carboxylic acids is 1. The van der Waals surface area contributed by atoms with Crippen molar-refractivity contribution in [2.45, 2.75) is 52.1 Å². The minimum absolute atomic E-state index is 0.0665. The molecule has 0 aliphatic heterocycles. The zero-order valence-electron chi connectivity index (χ0n) is 17.2. The molecule has 3 heterocycles. The monoisotopic (exact) mass is 382 g/mol. The highest BCUT2D eigenvalue weighted by atomic mass is 16.3. The number of carbonyl (C=O) groups is 1. The Bertz CT molecular complexity index is 1050. The molecule has 1 saturated carbocycles. The third-order valence-electron chi connectivity index (χ3n) is 5.77. The molecule has 148 valence electrons. The van der Waals surface area contributed by atoms with Gasteiger partial charge in [0.1, 0.15) is 17.9 Å². The molecule has 1 aliphatic rings. The number of anilines is 2. The number of fused-ring (bicyclic) bond motifs is 1. The fourth-order valence-corrected chi connectivity index (χ4v) is 3.38. The van der Waals surface area contributed by atoms with Gasteiger partial charge in [0.2, 0.25) is 5.71 Å². The zero-order valence-corrected chi connectivity index (χ0v) is 17.2. The first-order chi connectivity index (χ1) is 13.2. The summed E-state index contributed by atoms with van der Waals surface area (Å²) in [5, 5.41) is 5.01. The Hall–Kier alpha value is -2.90. The SMILES string of the molecule is Cc1oc2ncnc(N(C)C3(C)CC3)c2c1C(=O)N(C)c1cnn(C(C)C)c1. The molecule has 0 bridgehead atoms. The average molecular weight is 382 g/mol. The molecule has 3 aromatic rings. The van der Waals surface area contributed by atoms with Gasteiger partial charge < -0.3 is 14.2 Å². The summed E-state index contributed by atoms with van der Waals surface area (Å²) < 4.78 is 7.66. The summed E-state index contributed by atoms with van der Waals surface area (Å²) in [5.74, 6) is 1.11. The van der Waals surface area contributed by atoms with Gasteiger partial charge in [-0.05, 0) is 40.5 Å². The first kappa shape index (κ1) is 18.5. The summed E-state index contributed by atoms with van der Waals surface area (Å²) in [7, 11) is 3.76. The number of rotatable bonds is 5. The lowest BCUT2D eigenvalue weighted by Gasteiger charge is -2.26. The van der Waals surface area contributed by atoms with E-state index in [1.165, 1.54) is 6.33 Å². The number of amides is 1. The van der Waals surface area contributed by atoms with Gasteiger partial charge in [-0.3, -0.25) is 9.48 Å². The number of nitrogens with zero attached hydrogens (tertiary/aromatic N) is 6. The fourth-order valence-electron chi connectivity index (χ4n) is 3.38. The molecule has 0 unspecified atom stereocenters. The quantitative estimate of drug-likeness (QED) is 0.671. The summed E-state index contributed by atoms with van der Waals surface area (Å²) in [6, 6.07) is 0.224. The van der Waals surface area contributed by atoms with Gasteiger partial charge in [0.25, 0.3) is 5.91 Å². The van der Waals surface area contributed by atoms with Crippen molar-refractivity contribution in [3.05, 3.63) is 30.0 Å². The third-order valence-corrected chi connectivity index (χ3v) is 5.77. The predicted octanol–water partition coefficient (Wildman–Crippen LogP) is 3.57. The van der Waals surface area contributed by atoms with Gasteiger partial charge in [-0.15, -0.1) is 0 Å². The summed E-state index contributed by atoms with van der Waals surface area (Å²) in [6.07, 6.45) is 7.26. The first-order valence-corrected chi connectivity index (χ1v) is 9.53. The number of hydrogen-bond donors (Lipinski definition) is 0. The van der Waals surface area contributed by atoms with Crippen LogP contribution in [0.15, 0.2) is 23.1 Å². The Labute approximate surface area is 164 Å². The van der Waals surface area contributed by atoms with Crippen molar-refractivity contribution < 1.29 is 9.21 Å². The maximum absolute atomic E-state index is 13.4. The van der Waals surface area contributed by atoms with E-state index in [1.54, 1.807) is 25.1 Å². The summed E-state index contributed by atoms with van der Waals surface area (Å²) in [6.45, 7) is 8.08. The van der Waals surface area contributed by atoms with Gasteiger partial charge in [0, 0.05) is 31.9 Å². The van der Waals surface area contributed by atoms with E-state index in [-0.39, 0.29) is 17.5 Å². The van der Waals surface area contributed by atoms with Gasteiger partial charge in [-0.25, -0.2) is 9.97 Å². The van der Waals surface area contributed by atoms with E-state index < -0.39 is 0 Å². The Morgan fingerprint density at radius 3 is 2.61 bits per heavy atom. The van der Waals surface area contributed by atoms with Crippen LogP contribution in [0.3, 0.4) is 0 Å². The molecule has 1 amide bonds. The zero-order chi connectivity index (χ0) is 20.2. The number of aromatic nitrogens is 4. The Balaban J connectivity index is 1.79. The van der Waals surface area contributed by atoms with E-state index in [2.05, 4.69) is 26.9 Å². The minimum atomic E-state index is -0.162. The second-order valence-corrected chi connectivity index (χ2v) is 8.10. The van der Waals surface area contributed by atoms with Gasteiger partial charge in [-0.1, -0.05) is 0 Å². The second-order valence-electron chi connectivity index (χ2n) is 8.10. The van der Waals surface area contributed by atoms with Crippen LogP contribution in [0.4, 0.5) is 11.5 Å². The molecular formula is C20H26N6O2. The van der Waals surface area contributed by atoms with E-state index >= 15 is 0 Å². The molecule has 0 radical (unpaired) electrons. The highest BCUT2D eigenvalue weighted by Gasteiger charge is 2.43. The van der Waals surface area contributed by atoms with E-state index in [0.717, 1.165) is 24.3 Å². The highest BCUT2D eigenvalue weighted by Crippen LogP contribution is 2.44. The van der Waals surface area contributed by atoms with Crippen LogP contribution in [0.2, 0.25) is 0 Å². The predicted molar refractivity (Wildman–Crippen MR) is 108 cm³/mol. The smallest absolute Gasteiger partial charge is 0.262 e. The molecule has 3 aromatic heterocycles. The number of furan rings is 1. The lowest BCUT2D eigenvalue weighted by molar-refractivity contribution is 0.0993. The van der Waals surface area contributed by atoms with E-state index in [0.29, 0.717) is 22.4 Å². The largest absolute Gasteiger partial charge is 0.442 e. The van der Waals surface area contributed by atoms with Crippen LogP contribution in [0, 0.1) is 6.92 Å². The van der Waals surface area contributed by atoms with E-state index in [4.69, 9.17) is 4.42 Å². The van der Waals surface area contributed by atoms with Crippen LogP contribution in [-0.4, -0.2) is 45.3 Å². The minimum Gasteiger partial charge on any atom is -0.442 e. The maximum Gasteiger partial charge on any atom is 0.262 e.